The molecule has 2 aromatic rings. The lowest BCUT2D eigenvalue weighted by atomic mass is 9.74. The van der Waals surface area contributed by atoms with Crippen LogP contribution in [0.15, 0.2) is 18.2 Å². The van der Waals surface area contributed by atoms with Gasteiger partial charge in [-0.25, -0.2) is 0 Å². The second kappa shape index (κ2) is 8.45. The average Bonchev–Trinajstić information content (AvgIpc) is 3.22. The molecule has 0 atom stereocenters. The number of H-pyrrole nitrogens is 1. The second-order valence-corrected chi connectivity index (χ2v) is 7.88. The first-order valence-corrected chi connectivity index (χ1v) is 10.3. The Bertz CT molecular complexity index is 871. The molecule has 1 aliphatic heterocycles. The van der Waals surface area contributed by atoms with Crippen molar-refractivity contribution in [1.82, 2.24) is 15.5 Å². The van der Waals surface area contributed by atoms with Gasteiger partial charge >= 0.3 is 0 Å². The Morgan fingerprint density at radius 2 is 1.93 bits per heavy atom. The van der Waals surface area contributed by atoms with E-state index in [2.05, 4.69) is 21.6 Å². The van der Waals surface area contributed by atoms with Gasteiger partial charge in [-0.15, -0.1) is 0 Å². The SMILES string of the molecule is COc1ccc(C2(CNC(=O)c3n[nH]c4c3CCCC4)CCOCC2)cc1OC. The van der Waals surface area contributed by atoms with Crippen molar-refractivity contribution in [3.63, 3.8) is 0 Å². The second-order valence-electron chi connectivity index (χ2n) is 7.88. The Morgan fingerprint density at radius 1 is 1.17 bits per heavy atom. The molecule has 7 nitrogen and oxygen atoms in total. The summed E-state index contributed by atoms with van der Waals surface area (Å²) in [6, 6.07) is 6.01. The van der Waals surface area contributed by atoms with Crippen LogP contribution in [0.4, 0.5) is 0 Å². The number of rotatable bonds is 6. The first kappa shape index (κ1) is 19.8. The lowest BCUT2D eigenvalue weighted by Crippen LogP contribution is -2.44. The van der Waals surface area contributed by atoms with Crippen molar-refractivity contribution < 1.29 is 19.0 Å². The van der Waals surface area contributed by atoms with E-state index >= 15 is 0 Å². The molecule has 1 aromatic heterocycles. The molecule has 1 amide bonds. The van der Waals surface area contributed by atoms with E-state index in [1.807, 2.05) is 12.1 Å². The predicted molar refractivity (Wildman–Crippen MR) is 109 cm³/mol. The number of aromatic amines is 1. The van der Waals surface area contributed by atoms with Gasteiger partial charge in [-0.05, 0) is 56.2 Å². The van der Waals surface area contributed by atoms with Gasteiger partial charge in [-0.2, -0.15) is 5.10 Å². The highest BCUT2D eigenvalue weighted by Crippen LogP contribution is 2.39. The molecule has 0 radical (unpaired) electrons. The van der Waals surface area contributed by atoms with Crippen molar-refractivity contribution >= 4 is 5.91 Å². The van der Waals surface area contributed by atoms with Crippen LogP contribution in [0.1, 0.15) is 53.0 Å². The molecule has 1 saturated heterocycles. The molecule has 1 aliphatic carbocycles. The number of aryl methyl sites for hydroxylation is 1. The number of hydrogen-bond acceptors (Lipinski definition) is 5. The van der Waals surface area contributed by atoms with Gasteiger partial charge in [0, 0.05) is 36.4 Å². The van der Waals surface area contributed by atoms with E-state index in [4.69, 9.17) is 14.2 Å². The summed E-state index contributed by atoms with van der Waals surface area (Å²) in [7, 11) is 3.27. The van der Waals surface area contributed by atoms with Crippen molar-refractivity contribution in [2.75, 3.05) is 34.0 Å². The molecule has 0 spiro atoms. The van der Waals surface area contributed by atoms with Gasteiger partial charge in [0.1, 0.15) is 0 Å². The zero-order chi connectivity index (χ0) is 20.3. The molecule has 1 fully saturated rings. The normalized spacial score (nSPS) is 18.0. The maximum atomic E-state index is 12.9. The third-order valence-electron chi connectivity index (χ3n) is 6.30. The third-order valence-corrected chi connectivity index (χ3v) is 6.30. The first-order valence-electron chi connectivity index (χ1n) is 10.3. The van der Waals surface area contributed by atoms with Crippen LogP contribution in [0.5, 0.6) is 11.5 Å². The maximum Gasteiger partial charge on any atom is 0.272 e. The molecule has 4 rings (SSSR count). The summed E-state index contributed by atoms with van der Waals surface area (Å²) in [5, 5.41) is 10.5. The van der Waals surface area contributed by atoms with Crippen LogP contribution < -0.4 is 14.8 Å². The summed E-state index contributed by atoms with van der Waals surface area (Å²) in [6.07, 6.45) is 5.83. The van der Waals surface area contributed by atoms with Crippen LogP contribution in [-0.2, 0) is 23.0 Å². The van der Waals surface area contributed by atoms with E-state index in [0.29, 0.717) is 37.0 Å². The average molecular weight is 399 g/mol. The minimum atomic E-state index is -0.205. The van der Waals surface area contributed by atoms with Crippen molar-refractivity contribution in [1.29, 1.82) is 0 Å². The van der Waals surface area contributed by atoms with Gasteiger partial charge in [0.25, 0.3) is 5.91 Å². The quantitative estimate of drug-likeness (QED) is 0.780. The predicted octanol–water partition coefficient (Wildman–Crippen LogP) is 2.78. The van der Waals surface area contributed by atoms with Gasteiger partial charge in [0.2, 0.25) is 0 Å². The lowest BCUT2D eigenvalue weighted by Gasteiger charge is -2.38. The number of carbonyl (C=O) groups excluding carboxylic acids is 1. The van der Waals surface area contributed by atoms with E-state index in [9.17, 15) is 4.79 Å². The van der Waals surface area contributed by atoms with E-state index in [0.717, 1.165) is 55.3 Å². The van der Waals surface area contributed by atoms with Gasteiger partial charge < -0.3 is 19.5 Å². The van der Waals surface area contributed by atoms with Gasteiger partial charge in [-0.3, -0.25) is 9.89 Å². The Labute approximate surface area is 171 Å². The van der Waals surface area contributed by atoms with Gasteiger partial charge in [0.05, 0.1) is 14.2 Å². The van der Waals surface area contributed by atoms with Crippen LogP contribution in [0, 0.1) is 0 Å². The third kappa shape index (κ3) is 3.83. The zero-order valence-electron chi connectivity index (χ0n) is 17.2. The number of hydrogen-bond donors (Lipinski definition) is 2. The molecule has 0 unspecified atom stereocenters. The summed E-state index contributed by atoms with van der Waals surface area (Å²) < 4.78 is 16.5. The smallest absolute Gasteiger partial charge is 0.272 e. The fourth-order valence-electron chi connectivity index (χ4n) is 4.50. The number of methoxy groups -OCH3 is 2. The van der Waals surface area contributed by atoms with Gasteiger partial charge in [0.15, 0.2) is 17.2 Å². The van der Waals surface area contributed by atoms with Crippen molar-refractivity contribution in [2.24, 2.45) is 0 Å². The van der Waals surface area contributed by atoms with E-state index in [1.165, 1.54) is 0 Å². The van der Waals surface area contributed by atoms with E-state index in [-0.39, 0.29) is 11.3 Å². The van der Waals surface area contributed by atoms with Crippen LogP contribution in [-0.4, -0.2) is 50.1 Å². The van der Waals surface area contributed by atoms with Crippen LogP contribution in [0.25, 0.3) is 0 Å². The Kier molecular flexibility index (Phi) is 5.76. The number of carbonyl (C=O) groups is 1. The molecule has 0 bridgehead atoms. The molecule has 156 valence electrons. The summed E-state index contributed by atoms with van der Waals surface area (Å²) in [5.74, 6) is 1.30. The van der Waals surface area contributed by atoms with Crippen molar-refractivity contribution in [3.8, 4) is 11.5 Å². The Hall–Kier alpha value is -2.54. The number of amides is 1. The molecule has 2 N–H and O–H groups in total. The number of nitrogens with one attached hydrogen (secondary N) is 2. The summed E-state index contributed by atoms with van der Waals surface area (Å²) >= 11 is 0. The molecular formula is C22H29N3O4. The van der Waals surface area contributed by atoms with E-state index in [1.54, 1.807) is 14.2 Å². The molecule has 1 aromatic carbocycles. The molecule has 7 heteroatoms. The van der Waals surface area contributed by atoms with E-state index < -0.39 is 0 Å². The summed E-state index contributed by atoms with van der Waals surface area (Å²) in [5.41, 5.74) is 3.67. The van der Waals surface area contributed by atoms with Crippen molar-refractivity contribution in [3.05, 3.63) is 40.7 Å². The molecule has 0 saturated carbocycles. The number of aromatic nitrogens is 2. The first-order chi connectivity index (χ1) is 14.2. The summed E-state index contributed by atoms with van der Waals surface area (Å²) in [6.45, 7) is 1.87. The zero-order valence-corrected chi connectivity index (χ0v) is 17.2. The number of ether oxygens (including phenoxy) is 3. The fourth-order valence-corrected chi connectivity index (χ4v) is 4.50. The van der Waals surface area contributed by atoms with Gasteiger partial charge in [-0.1, -0.05) is 6.07 Å². The highest BCUT2D eigenvalue weighted by Gasteiger charge is 2.36. The molecule has 2 heterocycles. The monoisotopic (exact) mass is 399 g/mol. The van der Waals surface area contributed by atoms with Crippen molar-refractivity contribution in [2.45, 2.75) is 43.9 Å². The number of benzene rings is 1. The maximum absolute atomic E-state index is 12.9. The number of nitrogens with zero attached hydrogens (tertiary/aromatic N) is 1. The Balaban J connectivity index is 1.56. The highest BCUT2D eigenvalue weighted by atomic mass is 16.5. The highest BCUT2D eigenvalue weighted by molar-refractivity contribution is 5.94. The standard InChI is InChI=1S/C22H29N3O4/c1-27-18-8-7-15(13-19(18)28-2)22(9-11-29-12-10-22)14-23-21(26)20-16-5-3-4-6-17(16)24-25-20/h7-8,13H,3-6,9-12,14H2,1-2H3,(H,23,26)(H,24,25). The van der Waals surface area contributed by atoms with Crippen LogP contribution in [0.3, 0.4) is 0 Å². The van der Waals surface area contributed by atoms with Crippen LogP contribution in [0.2, 0.25) is 0 Å². The minimum Gasteiger partial charge on any atom is -0.493 e. The Morgan fingerprint density at radius 3 is 2.69 bits per heavy atom. The van der Waals surface area contributed by atoms with Crippen LogP contribution >= 0.6 is 0 Å². The summed E-state index contributed by atoms with van der Waals surface area (Å²) in [4.78, 5) is 12.9. The fraction of sp³-hybridized carbons (Fsp3) is 0.545. The molecular weight excluding hydrogens is 370 g/mol. The lowest BCUT2D eigenvalue weighted by molar-refractivity contribution is 0.0485. The largest absolute Gasteiger partial charge is 0.493 e. The molecule has 29 heavy (non-hydrogen) atoms. The number of fused-ring (bicyclic) bond motifs is 1. The minimum absolute atomic E-state index is 0.101. The topological polar surface area (TPSA) is 85.5 Å². The molecule has 2 aliphatic rings.